The van der Waals surface area contributed by atoms with E-state index in [1.54, 1.807) is 0 Å². The molecule has 0 spiro atoms. The number of hydrogen-bond acceptors (Lipinski definition) is 4. The molecule has 0 saturated carbocycles. The van der Waals surface area contributed by atoms with Crippen molar-refractivity contribution in [1.82, 2.24) is 9.38 Å². The summed E-state index contributed by atoms with van der Waals surface area (Å²) < 4.78 is 12.8. The second kappa shape index (κ2) is 4.49. The fraction of sp³-hybridized carbons (Fsp3) is 0.188. The number of benzene rings is 1. The predicted molar refractivity (Wildman–Crippen MR) is 79.4 cm³/mol. The molecule has 0 aliphatic carbocycles. The number of fused-ring (bicyclic) bond motifs is 2. The van der Waals surface area contributed by atoms with Crippen LogP contribution in [0.15, 0.2) is 36.5 Å². The van der Waals surface area contributed by atoms with Crippen molar-refractivity contribution in [2.24, 2.45) is 5.73 Å². The van der Waals surface area contributed by atoms with Crippen LogP contribution in [0.3, 0.4) is 0 Å². The molecule has 3 aromatic rings. The van der Waals surface area contributed by atoms with Gasteiger partial charge in [-0.1, -0.05) is 0 Å². The highest BCUT2D eigenvalue weighted by molar-refractivity contribution is 5.70. The summed E-state index contributed by atoms with van der Waals surface area (Å²) in [6.45, 7) is 2.75. The van der Waals surface area contributed by atoms with Gasteiger partial charge in [-0.15, -0.1) is 0 Å². The Morgan fingerprint density at radius 3 is 2.90 bits per heavy atom. The van der Waals surface area contributed by atoms with Gasteiger partial charge < -0.3 is 19.6 Å². The maximum absolute atomic E-state index is 5.93. The molecule has 0 saturated heterocycles. The van der Waals surface area contributed by atoms with E-state index in [9.17, 15) is 0 Å². The summed E-state index contributed by atoms with van der Waals surface area (Å²) in [7, 11) is 0. The lowest BCUT2D eigenvalue weighted by Gasteiger charge is -2.04. The van der Waals surface area contributed by atoms with Gasteiger partial charge in [0.25, 0.3) is 0 Å². The van der Waals surface area contributed by atoms with Crippen LogP contribution < -0.4 is 15.2 Å². The minimum absolute atomic E-state index is 0.271. The first-order chi connectivity index (χ1) is 10.3. The highest BCUT2D eigenvalue weighted by Crippen LogP contribution is 2.36. The van der Waals surface area contributed by atoms with Crippen molar-refractivity contribution in [2.75, 3.05) is 6.79 Å². The number of nitrogens with zero attached hydrogens (tertiary/aromatic N) is 2. The summed E-state index contributed by atoms with van der Waals surface area (Å²) >= 11 is 0. The van der Waals surface area contributed by atoms with E-state index in [-0.39, 0.29) is 6.79 Å². The van der Waals surface area contributed by atoms with Crippen molar-refractivity contribution < 1.29 is 9.47 Å². The number of ether oxygens (including phenoxy) is 2. The molecule has 5 nitrogen and oxygen atoms in total. The van der Waals surface area contributed by atoms with Crippen LogP contribution in [0.5, 0.6) is 11.5 Å². The summed E-state index contributed by atoms with van der Waals surface area (Å²) in [5, 5.41) is 0. The van der Waals surface area contributed by atoms with E-state index >= 15 is 0 Å². The number of imidazole rings is 1. The summed E-state index contributed by atoms with van der Waals surface area (Å²) in [5.74, 6) is 1.52. The molecule has 3 heterocycles. The van der Waals surface area contributed by atoms with Crippen molar-refractivity contribution in [2.45, 2.75) is 13.5 Å². The number of pyridine rings is 1. The SMILES string of the molecule is Cc1ccn2c(CN)c(-c3ccc4c(c3)OCO4)nc2c1. The maximum atomic E-state index is 5.93. The lowest BCUT2D eigenvalue weighted by Crippen LogP contribution is -2.02. The zero-order valence-electron chi connectivity index (χ0n) is 11.7. The minimum Gasteiger partial charge on any atom is -0.454 e. The number of aryl methyl sites for hydroxylation is 1. The molecule has 21 heavy (non-hydrogen) atoms. The van der Waals surface area contributed by atoms with Crippen molar-refractivity contribution >= 4 is 5.65 Å². The molecular weight excluding hydrogens is 266 g/mol. The van der Waals surface area contributed by atoms with Crippen LogP contribution in [0.4, 0.5) is 0 Å². The van der Waals surface area contributed by atoms with Crippen molar-refractivity contribution in [3.63, 3.8) is 0 Å². The Hall–Kier alpha value is -2.53. The van der Waals surface area contributed by atoms with Crippen molar-refractivity contribution in [3.8, 4) is 22.8 Å². The largest absolute Gasteiger partial charge is 0.454 e. The molecule has 5 heteroatoms. The fourth-order valence-electron chi connectivity index (χ4n) is 2.67. The first-order valence-electron chi connectivity index (χ1n) is 6.84. The van der Waals surface area contributed by atoms with E-state index in [0.29, 0.717) is 6.54 Å². The molecule has 1 aliphatic heterocycles. The highest BCUT2D eigenvalue weighted by atomic mass is 16.7. The first-order valence-corrected chi connectivity index (χ1v) is 6.84. The minimum atomic E-state index is 0.271. The van der Waals surface area contributed by atoms with Crippen LogP contribution in [0.2, 0.25) is 0 Å². The van der Waals surface area contributed by atoms with E-state index < -0.39 is 0 Å². The second-order valence-electron chi connectivity index (χ2n) is 5.11. The Labute approximate surface area is 121 Å². The van der Waals surface area contributed by atoms with Gasteiger partial charge in [-0.3, -0.25) is 0 Å². The van der Waals surface area contributed by atoms with Crippen LogP contribution in [0.25, 0.3) is 16.9 Å². The van der Waals surface area contributed by atoms with Crippen molar-refractivity contribution in [3.05, 3.63) is 47.8 Å². The molecule has 2 N–H and O–H groups in total. The van der Waals surface area contributed by atoms with Gasteiger partial charge in [-0.25, -0.2) is 4.98 Å². The molecule has 1 aliphatic rings. The van der Waals surface area contributed by atoms with Gasteiger partial charge in [-0.05, 0) is 42.8 Å². The molecule has 0 unspecified atom stereocenters. The van der Waals surface area contributed by atoms with Crippen LogP contribution in [-0.2, 0) is 6.54 Å². The molecule has 0 amide bonds. The quantitative estimate of drug-likeness (QED) is 0.784. The molecule has 0 atom stereocenters. The fourth-order valence-corrected chi connectivity index (χ4v) is 2.67. The van der Waals surface area contributed by atoms with E-state index in [2.05, 4.69) is 19.1 Å². The maximum Gasteiger partial charge on any atom is 0.231 e. The van der Waals surface area contributed by atoms with Gasteiger partial charge in [0.05, 0.1) is 11.4 Å². The third-order valence-corrected chi connectivity index (χ3v) is 3.72. The summed E-state index contributed by atoms with van der Waals surface area (Å²) in [6.07, 6.45) is 2.01. The lowest BCUT2D eigenvalue weighted by molar-refractivity contribution is 0.174. The molecule has 1 aromatic carbocycles. The Bertz CT molecular complexity index is 839. The normalized spacial score (nSPS) is 13.0. The van der Waals surface area contributed by atoms with Gasteiger partial charge in [0.2, 0.25) is 6.79 Å². The average Bonchev–Trinajstić information content (AvgIpc) is 3.09. The molecular formula is C16H15N3O2. The van der Waals surface area contributed by atoms with E-state index in [1.807, 2.05) is 28.8 Å². The molecule has 0 radical (unpaired) electrons. The monoisotopic (exact) mass is 281 g/mol. The highest BCUT2D eigenvalue weighted by Gasteiger charge is 2.18. The Balaban J connectivity index is 1.93. The topological polar surface area (TPSA) is 61.8 Å². The zero-order chi connectivity index (χ0) is 14.4. The molecule has 106 valence electrons. The average molecular weight is 281 g/mol. The number of rotatable bonds is 2. The van der Waals surface area contributed by atoms with Crippen LogP contribution >= 0.6 is 0 Å². The Morgan fingerprint density at radius 1 is 1.19 bits per heavy atom. The molecule has 0 bridgehead atoms. The Kier molecular flexibility index (Phi) is 2.62. The third kappa shape index (κ3) is 1.86. The van der Waals surface area contributed by atoms with E-state index in [0.717, 1.165) is 34.1 Å². The summed E-state index contributed by atoms with van der Waals surface area (Å²) in [6, 6.07) is 9.96. The standard InChI is InChI=1S/C16H15N3O2/c1-10-4-5-19-12(8-17)16(18-15(19)6-10)11-2-3-13-14(7-11)21-9-20-13/h2-7H,8-9,17H2,1H3. The van der Waals surface area contributed by atoms with Gasteiger partial charge in [-0.2, -0.15) is 0 Å². The Morgan fingerprint density at radius 2 is 2.05 bits per heavy atom. The molecule has 2 aromatic heterocycles. The summed E-state index contributed by atoms with van der Waals surface area (Å²) in [4.78, 5) is 4.73. The molecule has 4 rings (SSSR count). The van der Waals surface area contributed by atoms with Crippen LogP contribution in [0, 0.1) is 6.92 Å². The van der Waals surface area contributed by atoms with Crippen LogP contribution in [0.1, 0.15) is 11.3 Å². The zero-order valence-corrected chi connectivity index (χ0v) is 11.7. The van der Waals surface area contributed by atoms with Gasteiger partial charge in [0, 0.05) is 18.3 Å². The van der Waals surface area contributed by atoms with Gasteiger partial charge in [0.15, 0.2) is 11.5 Å². The first kappa shape index (κ1) is 12.2. The predicted octanol–water partition coefficient (Wildman–Crippen LogP) is 2.50. The van der Waals surface area contributed by atoms with Crippen molar-refractivity contribution in [1.29, 1.82) is 0 Å². The smallest absolute Gasteiger partial charge is 0.231 e. The lowest BCUT2D eigenvalue weighted by atomic mass is 10.1. The van der Waals surface area contributed by atoms with Crippen LogP contribution in [-0.4, -0.2) is 16.2 Å². The van der Waals surface area contributed by atoms with Gasteiger partial charge in [0.1, 0.15) is 5.65 Å². The van der Waals surface area contributed by atoms with E-state index in [1.165, 1.54) is 5.56 Å². The summed E-state index contributed by atoms with van der Waals surface area (Å²) in [5.41, 5.74) is 10.9. The van der Waals surface area contributed by atoms with Gasteiger partial charge >= 0.3 is 0 Å². The van der Waals surface area contributed by atoms with E-state index in [4.69, 9.17) is 20.2 Å². The second-order valence-corrected chi connectivity index (χ2v) is 5.11. The number of nitrogens with two attached hydrogens (primary N) is 1. The molecule has 0 fully saturated rings. The number of hydrogen-bond donors (Lipinski definition) is 1. The third-order valence-electron chi connectivity index (χ3n) is 3.72. The number of aromatic nitrogens is 2.